The van der Waals surface area contributed by atoms with Gasteiger partial charge in [-0.2, -0.15) is 4.98 Å². The van der Waals surface area contributed by atoms with E-state index in [0.29, 0.717) is 16.3 Å². The Balaban J connectivity index is 2.66. The van der Waals surface area contributed by atoms with Crippen molar-refractivity contribution in [1.29, 1.82) is 0 Å². The van der Waals surface area contributed by atoms with Crippen LogP contribution in [0.5, 0.6) is 11.6 Å². The van der Waals surface area contributed by atoms with Crippen molar-refractivity contribution >= 4 is 27.5 Å². The average molecular weight is 332 g/mol. The molecule has 0 saturated carbocycles. The van der Waals surface area contributed by atoms with Crippen LogP contribution in [0, 0.1) is 0 Å². The third kappa shape index (κ3) is 2.34. The Morgan fingerprint density at radius 3 is 2.83 bits per heavy atom. The van der Waals surface area contributed by atoms with Crippen LogP contribution < -0.4 is 10.3 Å². The Bertz CT molecular complexity index is 657. The van der Waals surface area contributed by atoms with E-state index in [-0.39, 0.29) is 16.2 Å². The lowest BCUT2D eigenvalue weighted by Crippen LogP contribution is -2.10. The van der Waals surface area contributed by atoms with E-state index in [1.54, 1.807) is 18.2 Å². The molecule has 18 heavy (non-hydrogen) atoms. The molecule has 5 nitrogen and oxygen atoms in total. The molecule has 0 amide bonds. The number of nitrogens with one attached hydrogen (secondary N) is 1. The van der Waals surface area contributed by atoms with E-state index in [1.165, 1.54) is 7.11 Å². The highest BCUT2D eigenvalue weighted by Gasteiger charge is 2.13. The van der Waals surface area contributed by atoms with Gasteiger partial charge >= 0.3 is 0 Å². The molecule has 0 aliphatic heterocycles. The first kappa shape index (κ1) is 12.9. The zero-order chi connectivity index (χ0) is 13.3. The fourth-order valence-corrected chi connectivity index (χ4v) is 1.79. The standard InChI is InChI=1S/C11H8BrClN2O3/c1-18-7-4-5(13)2-3-6(7)9-14-10(16)8(12)11(17)15-9/h2-4H,1H3,(H2,14,15,16,17). The molecule has 0 aliphatic rings. The molecule has 1 heterocycles. The van der Waals surface area contributed by atoms with Gasteiger partial charge in [0.2, 0.25) is 5.88 Å². The number of benzene rings is 1. The van der Waals surface area contributed by atoms with Crippen molar-refractivity contribution in [1.82, 2.24) is 9.97 Å². The number of ether oxygens (including phenoxy) is 1. The van der Waals surface area contributed by atoms with Crippen LogP contribution in [-0.2, 0) is 0 Å². The number of halogens is 2. The smallest absolute Gasteiger partial charge is 0.269 e. The highest BCUT2D eigenvalue weighted by atomic mass is 79.9. The minimum atomic E-state index is -0.477. The molecule has 0 atom stereocenters. The van der Waals surface area contributed by atoms with Crippen molar-refractivity contribution in [3.05, 3.63) is 38.0 Å². The predicted octanol–water partition coefficient (Wildman–Crippen LogP) is 2.57. The molecule has 94 valence electrons. The van der Waals surface area contributed by atoms with Crippen LogP contribution in [0.4, 0.5) is 0 Å². The lowest BCUT2D eigenvalue weighted by atomic mass is 10.2. The van der Waals surface area contributed by atoms with Crippen molar-refractivity contribution < 1.29 is 9.84 Å². The van der Waals surface area contributed by atoms with Crippen LogP contribution >= 0.6 is 27.5 Å². The van der Waals surface area contributed by atoms with Crippen molar-refractivity contribution in [2.24, 2.45) is 0 Å². The van der Waals surface area contributed by atoms with Gasteiger partial charge in [-0.05, 0) is 34.1 Å². The molecular formula is C11H8BrClN2O3. The molecule has 2 N–H and O–H groups in total. The Kier molecular flexibility index (Phi) is 3.58. The van der Waals surface area contributed by atoms with Gasteiger partial charge in [0.15, 0.2) is 0 Å². The Morgan fingerprint density at radius 1 is 1.50 bits per heavy atom. The Morgan fingerprint density at radius 2 is 2.22 bits per heavy atom. The van der Waals surface area contributed by atoms with E-state index in [9.17, 15) is 9.90 Å². The predicted molar refractivity (Wildman–Crippen MR) is 71.2 cm³/mol. The highest BCUT2D eigenvalue weighted by molar-refractivity contribution is 9.10. The summed E-state index contributed by atoms with van der Waals surface area (Å²) in [5, 5.41) is 10.0. The fourth-order valence-electron chi connectivity index (χ4n) is 1.44. The first-order valence-corrected chi connectivity index (χ1v) is 6.02. The van der Waals surface area contributed by atoms with Crippen LogP contribution in [0.25, 0.3) is 11.4 Å². The van der Waals surface area contributed by atoms with Gasteiger partial charge in [-0.1, -0.05) is 11.6 Å². The molecule has 0 radical (unpaired) electrons. The minimum Gasteiger partial charge on any atom is -0.496 e. The fraction of sp³-hybridized carbons (Fsp3) is 0.0909. The summed E-state index contributed by atoms with van der Waals surface area (Å²) in [6.45, 7) is 0. The van der Waals surface area contributed by atoms with Gasteiger partial charge in [-0.3, -0.25) is 4.79 Å². The second kappa shape index (κ2) is 4.99. The van der Waals surface area contributed by atoms with Gasteiger partial charge in [-0.15, -0.1) is 0 Å². The number of aromatic amines is 1. The van der Waals surface area contributed by atoms with Crippen LogP contribution in [0.1, 0.15) is 0 Å². The van der Waals surface area contributed by atoms with E-state index in [0.717, 1.165) is 0 Å². The number of hydrogen-bond acceptors (Lipinski definition) is 4. The molecular weight excluding hydrogens is 323 g/mol. The highest BCUT2D eigenvalue weighted by Crippen LogP contribution is 2.31. The molecule has 0 unspecified atom stereocenters. The first-order valence-electron chi connectivity index (χ1n) is 4.85. The SMILES string of the molecule is COc1cc(Cl)ccc1-c1nc(O)c(Br)c(=O)[nH]1. The van der Waals surface area contributed by atoms with Gasteiger partial charge in [-0.25, -0.2) is 0 Å². The molecule has 1 aromatic heterocycles. The van der Waals surface area contributed by atoms with Gasteiger partial charge in [0, 0.05) is 5.02 Å². The van der Waals surface area contributed by atoms with E-state index in [4.69, 9.17) is 16.3 Å². The Hall–Kier alpha value is -1.53. The van der Waals surface area contributed by atoms with Crippen molar-refractivity contribution in [2.75, 3.05) is 7.11 Å². The summed E-state index contributed by atoms with van der Waals surface area (Å²) in [4.78, 5) is 17.9. The normalized spacial score (nSPS) is 10.4. The number of aromatic hydroxyl groups is 1. The molecule has 0 fully saturated rings. The summed E-state index contributed by atoms with van der Waals surface area (Å²) in [5.74, 6) is 0.271. The molecule has 0 saturated heterocycles. The summed E-state index contributed by atoms with van der Waals surface area (Å²) < 4.78 is 5.14. The molecule has 0 bridgehead atoms. The maximum Gasteiger partial charge on any atom is 0.269 e. The third-order valence-electron chi connectivity index (χ3n) is 2.26. The quantitative estimate of drug-likeness (QED) is 0.887. The van der Waals surface area contributed by atoms with Crippen LogP contribution in [0.2, 0.25) is 5.02 Å². The zero-order valence-corrected chi connectivity index (χ0v) is 11.5. The molecule has 7 heteroatoms. The van der Waals surface area contributed by atoms with Gasteiger partial charge in [0.05, 0.1) is 12.7 Å². The van der Waals surface area contributed by atoms with E-state index in [1.807, 2.05) is 0 Å². The number of rotatable bonds is 2. The van der Waals surface area contributed by atoms with Crippen LogP contribution in [0.15, 0.2) is 27.5 Å². The number of aromatic nitrogens is 2. The summed E-state index contributed by atoms with van der Waals surface area (Å²) >= 11 is 8.77. The Labute approximate surface area is 116 Å². The van der Waals surface area contributed by atoms with Crippen molar-refractivity contribution in [3.8, 4) is 23.0 Å². The minimum absolute atomic E-state index is 0.0146. The van der Waals surface area contributed by atoms with E-state index in [2.05, 4.69) is 25.9 Å². The number of hydrogen-bond donors (Lipinski definition) is 2. The van der Waals surface area contributed by atoms with E-state index >= 15 is 0 Å². The average Bonchev–Trinajstić information content (AvgIpc) is 2.35. The summed E-state index contributed by atoms with van der Waals surface area (Å²) in [6.07, 6.45) is 0. The monoisotopic (exact) mass is 330 g/mol. The molecule has 2 rings (SSSR count). The van der Waals surface area contributed by atoms with E-state index < -0.39 is 5.56 Å². The first-order chi connectivity index (χ1) is 8.52. The van der Waals surface area contributed by atoms with Crippen LogP contribution in [0.3, 0.4) is 0 Å². The van der Waals surface area contributed by atoms with Gasteiger partial charge in [0.25, 0.3) is 5.56 Å². The van der Waals surface area contributed by atoms with Crippen molar-refractivity contribution in [2.45, 2.75) is 0 Å². The topological polar surface area (TPSA) is 75.2 Å². The molecule has 0 spiro atoms. The van der Waals surface area contributed by atoms with Crippen molar-refractivity contribution in [3.63, 3.8) is 0 Å². The largest absolute Gasteiger partial charge is 0.496 e. The lowest BCUT2D eigenvalue weighted by Gasteiger charge is -2.08. The number of H-pyrrole nitrogens is 1. The molecule has 1 aromatic carbocycles. The zero-order valence-electron chi connectivity index (χ0n) is 9.20. The summed E-state index contributed by atoms with van der Waals surface area (Å²) in [7, 11) is 1.48. The van der Waals surface area contributed by atoms with Crippen LogP contribution in [-0.4, -0.2) is 22.2 Å². The summed E-state index contributed by atoms with van der Waals surface area (Å²) in [5.41, 5.74) is 0.0521. The van der Waals surface area contributed by atoms with Gasteiger partial charge in [0.1, 0.15) is 16.0 Å². The third-order valence-corrected chi connectivity index (χ3v) is 3.21. The maximum atomic E-state index is 11.5. The summed E-state index contributed by atoms with van der Waals surface area (Å²) in [6, 6.07) is 4.88. The molecule has 0 aliphatic carbocycles. The second-order valence-corrected chi connectivity index (χ2v) is 4.63. The maximum absolute atomic E-state index is 11.5. The lowest BCUT2D eigenvalue weighted by molar-refractivity contribution is 0.415. The number of nitrogens with zero attached hydrogens (tertiary/aromatic N) is 1. The molecule has 2 aromatic rings. The number of methoxy groups -OCH3 is 1. The second-order valence-electron chi connectivity index (χ2n) is 3.40. The van der Waals surface area contributed by atoms with Gasteiger partial charge < -0.3 is 14.8 Å².